The van der Waals surface area contributed by atoms with Crippen molar-refractivity contribution >= 4 is 27.4 Å². The van der Waals surface area contributed by atoms with Gasteiger partial charge >= 0.3 is 0 Å². The Hall–Kier alpha value is -4.31. The molecule has 0 aliphatic heterocycles. The molecular weight excluding hydrogens is 459 g/mol. The Morgan fingerprint density at radius 1 is 0.912 bits per heavy atom. The molecule has 0 unspecified atom stereocenters. The molecule has 34 heavy (non-hydrogen) atoms. The van der Waals surface area contributed by atoms with E-state index in [-0.39, 0.29) is 28.6 Å². The van der Waals surface area contributed by atoms with Crippen molar-refractivity contribution in [3.8, 4) is 5.75 Å². The summed E-state index contributed by atoms with van der Waals surface area (Å²) in [6.45, 7) is 0.278. The van der Waals surface area contributed by atoms with E-state index in [1.54, 1.807) is 24.5 Å². The summed E-state index contributed by atoms with van der Waals surface area (Å²) in [6.07, 6.45) is 4.85. The first kappa shape index (κ1) is 22.9. The van der Waals surface area contributed by atoms with Crippen LogP contribution in [0.4, 0.5) is 15.9 Å². The molecule has 2 aromatic carbocycles. The maximum Gasteiger partial charge on any atom is 0.261 e. The highest BCUT2D eigenvalue weighted by molar-refractivity contribution is 7.92. The monoisotopic (exact) mass is 478 g/mol. The molecule has 4 rings (SSSR count). The number of anilines is 2. The number of aromatic nitrogens is 2. The van der Waals surface area contributed by atoms with E-state index in [0.29, 0.717) is 5.75 Å². The van der Waals surface area contributed by atoms with E-state index in [9.17, 15) is 17.6 Å². The number of amides is 1. The number of nitrogens with zero attached hydrogens (tertiary/aromatic N) is 2. The Labute approximate surface area is 195 Å². The first-order valence-electron chi connectivity index (χ1n) is 10.1. The summed E-state index contributed by atoms with van der Waals surface area (Å²) in [5, 5.41) is 2.70. The van der Waals surface area contributed by atoms with Gasteiger partial charge in [0, 0.05) is 29.8 Å². The predicted octanol–water partition coefficient (Wildman–Crippen LogP) is 4.25. The van der Waals surface area contributed by atoms with E-state index < -0.39 is 21.7 Å². The molecule has 0 fully saturated rings. The van der Waals surface area contributed by atoms with Gasteiger partial charge in [-0.2, -0.15) is 0 Å². The van der Waals surface area contributed by atoms with Crippen LogP contribution in [0.5, 0.6) is 5.75 Å². The number of nitrogens with one attached hydrogen (secondary N) is 2. The second-order valence-corrected chi connectivity index (χ2v) is 8.77. The van der Waals surface area contributed by atoms with Crippen molar-refractivity contribution in [3.63, 3.8) is 0 Å². The van der Waals surface area contributed by atoms with Gasteiger partial charge < -0.3 is 10.1 Å². The molecule has 0 saturated heterocycles. The number of carbonyl (C=O) groups excluding carboxylic acids is 1. The van der Waals surface area contributed by atoms with Gasteiger partial charge in [-0.15, -0.1) is 0 Å². The van der Waals surface area contributed by atoms with Gasteiger partial charge in [0.25, 0.3) is 15.9 Å². The predicted molar refractivity (Wildman–Crippen MR) is 124 cm³/mol. The van der Waals surface area contributed by atoms with Crippen molar-refractivity contribution in [3.05, 3.63) is 108 Å². The molecule has 0 aliphatic rings. The van der Waals surface area contributed by atoms with Crippen LogP contribution < -0.4 is 14.8 Å². The van der Waals surface area contributed by atoms with Crippen LogP contribution in [-0.4, -0.2) is 24.3 Å². The molecule has 2 heterocycles. The summed E-state index contributed by atoms with van der Waals surface area (Å²) in [5.41, 5.74) is 1.45. The molecule has 2 aromatic heterocycles. The zero-order valence-corrected chi connectivity index (χ0v) is 18.5. The van der Waals surface area contributed by atoms with Gasteiger partial charge in [0.2, 0.25) is 0 Å². The fraction of sp³-hybridized carbons (Fsp3) is 0.0417. The van der Waals surface area contributed by atoms with Gasteiger partial charge in [-0.25, -0.2) is 17.8 Å². The van der Waals surface area contributed by atoms with Crippen LogP contribution in [0, 0.1) is 5.82 Å². The van der Waals surface area contributed by atoms with Gasteiger partial charge in [0.15, 0.2) is 11.6 Å². The SMILES string of the molecule is O=C(Nc1ncccc1OCc1ccncc1)c1ccc(NS(=O)(=O)c2ccc(F)cc2)cc1. The third-order valence-electron chi connectivity index (χ3n) is 4.67. The average Bonchev–Trinajstić information content (AvgIpc) is 2.84. The molecule has 172 valence electrons. The number of hydrogen-bond acceptors (Lipinski definition) is 6. The number of carbonyl (C=O) groups is 1. The first-order valence-corrected chi connectivity index (χ1v) is 11.6. The van der Waals surface area contributed by atoms with Gasteiger partial charge in [-0.3, -0.25) is 14.5 Å². The number of ether oxygens (including phenoxy) is 1. The fourth-order valence-corrected chi connectivity index (χ4v) is 4.00. The number of rotatable bonds is 8. The summed E-state index contributed by atoms with van der Waals surface area (Å²) in [5.74, 6) is -0.326. The molecule has 0 atom stereocenters. The summed E-state index contributed by atoms with van der Waals surface area (Å²) in [4.78, 5) is 20.8. The lowest BCUT2D eigenvalue weighted by atomic mass is 10.2. The van der Waals surface area contributed by atoms with Crippen LogP contribution >= 0.6 is 0 Å². The third-order valence-corrected chi connectivity index (χ3v) is 6.07. The average molecular weight is 479 g/mol. The van der Waals surface area contributed by atoms with Crippen LogP contribution in [0.25, 0.3) is 0 Å². The van der Waals surface area contributed by atoms with Crippen molar-refractivity contribution in [1.82, 2.24) is 9.97 Å². The van der Waals surface area contributed by atoms with Crippen molar-refractivity contribution in [2.24, 2.45) is 0 Å². The Morgan fingerprint density at radius 2 is 1.62 bits per heavy atom. The van der Waals surface area contributed by atoms with Gasteiger partial charge in [0.1, 0.15) is 12.4 Å². The zero-order valence-electron chi connectivity index (χ0n) is 17.7. The largest absolute Gasteiger partial charge is 0.485 e. The minimum Gasteiger partial charge on any atom is -0.485 e. The number of pyridine rings is 2. The molecule has 0 bridgehead atoms. The topological polar surface area (TPSA) is 110 Å². The van der Waals surface area contributed by atoms with Gasteiger partial charge in [-0.05, 0) is 78.4 Å². The molecule has 1 amide bonds. The highest BCUT2D eigenvalue weighted by atomic mass is 32.2. The lowest BCUT2D eigenvalue weighted by Gasteiger charge is -2.12. The van der Waals surface area contributed by atoms with Gasteiger partial charge in [-0.1, -0.05) is 0 Å². The van der Waals surface area contributed by atoms with Crippen molar-refractivity contribution in [2.75, 3.05) is 10.0 Å². The summed E-state index contributed by atoms with van der Waals surface area (Å²) < 4.78 is 46.1. The molecule has 0 spiro atoms. The van der Waals surface area contributed by atoms with E-state index in [1.807, 2.05) is 12.1 Å². The lowest BCUT2D eigenvalue weighted by molar-refractivity contribution is 0.102. The molecule has 0 saturated carbocycles. The standard InChI is InChI=1S/C24H19FN4O4S/c25-19-5-9-21(10-6-19)34(31,32)29-20-7-3-18(4-8-20)24(30)28-23-22(2-1-13-27-23)33-16-17-11-14-26-15-12-17/h1-15,29H,16H2,(H,27,28,30). The molecule has 0 aliphatic carbocycles. The summed E-state index contributed by atoms with van der Waals surface area (Å²) >= 11 is 0. The van der Waals surface area contributed by atoms with Crippen LogP contribution in [0.15, 0.2) is 96.3 Å². The van der Waals surface area contributed by atoms with Crippen molar-refractivity contribution in [2.45, 2.75) is 11.5 Å². The van der Waals surface area contributed by atoms with Crippen molar-refractivity contribution < 1.29 is 22.3 Å². The third kappa shape index (κ3) is 5.73. The first-order chi connectivity index (χ1) is 16.4. The van der Waals surface area contributed by atoms with Crippen molar-refractivity contribution in [1.29, 1.82) is 0 Å². The van der Waals surface area contributed by atoms with Gasteiger partial charge in [0.05, 0.1) is 4.90 Å². The zero-order chi connectivity index (χ0) is 24.0. The van der Waals surface area contributed by atoms with E-state index in [0.717, 1.165) is 17.7 Å². The van der Waals surface area contributed by atoms with Crippen LogP contribution in [0.1, 0.15) is 15.9 Å². The number of benzene rings is 2. The molecule has 2 N–H and O–H groups in total. The summed E-state index contributed by atoms with van der Waals surface area (Å²) in [7, 11) is -3.89. The normalized spacial score (nSPS) is 11.0. The number of halogens is 1. The molecule has 8 nitrogen and oxygen atoms in total. The van der Waals surface area contributed by atoms with E-state index in [4.69, 9.17) is 4.74 Å². The summed E-state index contributed by atoms with van der Waals surface area (Å²) in [6, 6.07) is 17.3. The smallest absolute Gasteiger partial charge is 0.261 e. The maximum absolute atomic E-state index is 13.1. The molecule has 10 heteroatoms. The van der Waals surface area contributed by atoms with Crippen LogP contribution in [0.3, 0.4) is 0 Å². The Kier molecular flexibility index (Phi) is 6.79. The second kappa shape index (κ2) is 10.1. The second-order valence-electron chi connectivity index (χ2n) is 7.09. The molecule has 0 radical (unpaired) electrons. The minimum atomic E-state index is -3.89. The van der Waals surface area contributed by atoms with Crippen LogP contribution in [-0.2, 0) is 16.6 Å². The highest BCUT2D eigenvalue weighted by Gasteiger charge is 2.15. The fourth-order valence-electron chi connectivity index (χ4n) is 2.94. The Balaban J connectivity index is 1.42. The van der Waals surface area contributed by atoms with E-state index in [2.05, 4.69) is 20.0 Å². The van der Waals surface area contributed by atoms with Crippen LogP contribution in [0.2, 0.25) is 0 Å². The molecule has 4 aromatic rings. The number of sulfonamides is 1. The molecular formula is C24H19FN4O4S. The van der Waals surface area contributed by atoms with E-state index >= 15 is 0 Å². The quantitative estimate of drug-likeness (QED) is 0.392. The Morgan fingerprint density at radius 3 is 2.32 bits per heavy atom. The number of hydrogen-bond donors (Lipinski definition) is 2. The Bertz CT molecular complexity index is 1380. The lowest BCUT2D eigenvalue weighted by Crippen LogP contribution is -2.15. The minimum absolute atomic E-state index is 0.0785. The maximum atomic E-state index is 13.1. The van der Waals surface area contributed by atoms with E-state index in [1.165, 1.54) is 42.6 Å². The highest BCUT2D eigenvalue weighted by Crippen LogP contribution is 2.23.